The number of carbonyl (C=O) groups is 1. The maximum Gasteiger partial charge on any atom is 0.251 e. The predicted octanol–water partition coefficient (Wildman–Crippen LogP) is 3.46. The molecule has 4 nitrogen and oxygen atoms in total. The highest BCUT2D eigenvalue weighted by Gasteiger charge is 2.05. The topological polar surface area (TPSA) is 51.2 Å². The molecule has 0 atom stereocenters. The Kier molecular flexibility index (Phi) is 6.15. The van der Waals surface area contributed by atoms with Crippen molar-refractivity contribution in [1.82, 2.24) is 10.3 Å². The summed E-state index contributed by atoms with van der Waals surface area (Å²) in [5.41, 5.74) is 0.488. The molecule has 22 heavy (non-hydrogen) atoms. The van der Waals surface area contributed by atoms with Crippen LogP contribution in [0.15, 0.2) is 42.6 Å². The maximum absolute atomic E-state index is 12.7. The number of nitrogens with one attached hydrogen (secondary N) is 1. The number of amides is 1. The fraction of sp³-hybridized carbons (Fsp3) is 0.250. The summed E-state index contributed by atoms with van der Waals surface area (Å²) in [6.07, 6.45) is 3.06. The van der Waals surface area contributed by atoms with E-state index < -0.39 is 0 Å². The van der Waals surface area contributed by atoms with Crippen LogP contribution < -0.4 is 10.1 Å². The van der Waals surface area contributed by atoms with Gasteiger partial charge in [-0.1, -0.05) is 11.6 Å². The summed E-state index contributed by atoms with van der Waals surface area (Å²) in [4.78, 5) is 15.6. The molecule has 0 unspecified atom stereocenters. The van der Waals surface area contributed by atoms with Crippen LogP contribution in [0.5, 0.6) is 5.75 Å². The van der Waals surface area contributed by atoms with Crippen LogP contribution in [0, 0.1) is 5.82 Å². The van der Waals surface area contributed by atoms with Crippen LogP contribution in [0.2, 0.25) is 5.15 Å². The quantitative estimate of drug-likeness (QED) is 0.627. The zero-order valence-corrected chi connectivity index (χ0v) is 12.6. The third-order valence-electron chi connectivity index (χ3n) is 2.93. The molecule has 6 heteroatoms. The molecule has 1 N–H and O–H groups in total. The van der Waals surface area contributed by atoms with Gasteiger partial charge in [0.1, 0.15) is 16.7 Å². The summed E-state index contributed by atoms with van der Waals surface area (Å²) >= 11 is 5.73. The lowest BCUT2D eigenvalue weighted by molar-refractivity contribution is 0.0952. The zero-order chi connectivity index (χ0) is 15.8. The molecule has 2 rings (SSSR count). The largest absolute Gasteiger partial charge is 0.494 e. The van der Waals surface area contributed by atoms with Crippen molar-refractivity contribution in [3.8, 4) is 5.75 Å². The van der Waals surface area contributed by atoms with Gasteiger partial charge in [0.2, 0.25) is 0 Å². The van der Waals surface area contributed by atoms with E-state index in [0.717, 1.165) is 12.8 Å². The average molecular weight is 323 g/mol. The maximum atomic E-state index is 12.7. The number of rotatable bonds is 7. The lowest BCUT2D eigenvalue weighted by Gasteiger charge is -2.07. The van der Waals surface area contributed by atoms with Gasteiger partial charge in [-0.25, -0.2) is 9.37 Å². The Balaban J connectivity index is 1.61. The van der Waals surface area contributed by atoms with Crippen molar-refractivity contribution in [3.63, 3.8) is 0 Å². The van der Waals surface area contributed by atoms with Crippen molar-refractivity contribution in [3.05, 3.63) is 59.1 Å². The monoisotopic (exact) mass is 322 g/mol. The summed E-state index contributed by atoms with van der Waals surface area (Å²) in [5, 5.41) is 3.09. The van der Waals surface area contributed by atoms with E-state index in [4.69, 9.17) is 16.3 Å². The number of halogens is 2. The van der Waals surface area contributed by atoms with Gasteiger partial charge in [0.15, 0.2) is 0 Å². The molecule has 0 aliphatic rings. The predicted molar refractivity (Wildman–Crippen MR) is 82.7 cm³/mol. The van der Waals surface area contributed by atoms with Gasteiger partial charge in [-0.05, 0) is 49.2 Å². The molecule has 0 aliphatic carbocycles. The van der Waals surface area contributed by atoms with Crippen LogP contribution in [0.25, 0.3) is 0 Å². The number of unbranched alkanes of at least 4 members (excludes halogenated alkanes) is 1. The van der Waals surface area contributed by atoms with E-state index >= 15 is 0 Å². The highest BCUT2D eigenvalue weighted by Crippen LogP contribution is 2.11. The van der Waals surface area contributed by atoms with Crippen molar-refractivity contribution in [2.45, 2.75) is 12.8 Å². The Morgan fingerprint density at radius 1 is 1.23 bits per heavy atom. The van der Waals surface area contributed by atoms with Crippen LogP contribution in [-0.4, -0.2) is 24.0 Å². The van der Waals surface area contributed by atoms with Gasteiger partial charge >= 0.3 is 0 Å². The number of carbonyl (C=O) groups excluding carboxylic acids is 1. The highest BCUT2D eigenvalue weighted by atomic mass is 35.5. The zero-order valence-electron chi connectivity index (χ0n) is 11.9. The Bertz CT molecular complexity index is 620. The van der Waals surface area contributed by atoms with Gasteiger partial charge in [-0.15, -0.1) is 0 Å². The molecule has 0 bridgehead atoms. The summed E-state index contributed by atoms with van der Waals surface area (Å²) in [7, 11) is 0. The van der Waals surface area contributed by atoms with E-state index in [2.05, 4.69) is 10.3 Å². The third kappa shape index (κ3) is 5.33. The van der Waals surface area contributed by atoms with E-state index in [1.54, 1.807) is 18.2 Å². The molecular formula is C16H16ClFN2O2. The Hall–Kier alpha value is -2.14. The molecule has 2 aromatic rings. The number of benzene rings is 1. The molecule has 0 radical (unpaired) electrons. The molecule has 0 saturated heterocycles. The first-order chi connectivity index (χ1) is 10.6. The fourth-order valence-corrected chi connectivity index (χ4v) is 1.97. The first kappa shape index (κ1) is 16.2. The van der Waals surface area contributed by atoms with E-state index in [9.17, 15) is 9.18 Å². The van der Waals surface area contributed by atoms with Crippen molar-refractivity contribution in [2.75, 3.05) is 13.2 Å². The van der Waals surface area contributed by atoms with Crippen molar-refractivity contribution < 1.29 is 13.9 Å². The van der Waals surface area contributed by atoms with Crippen LogP contribution in [-0.2, 0) is 0 Å². The number of nitrogens with zero attached hydrogens (tertiary/aromatic N) is 1. The van der Waals surface area contributed by atoms with Crippen LogP contribution >= 0.6 is 11.6 Å². The van der Waals surface area contributed by atoms with Gasteiger partial charge < -0.3 is 10.1 Å². The second-order valence-electron chi connectivity index (χ2n) is 4.63. The second kappa shape index (κ2) is 8.34. The molecule has 116 valence electrons. The van der Waals surface area contributed by atoms with Gasteiger partial charge in [-0.3, -0.25) is 4.79 Å². The van der Waals surface area contributed by atoms with Gasteiger partial charge in [0, 0.05) is 18.3 Å². The average Bonchev–Trinajstić information content (AvgIpc) is 2.52. The second-order valence-corrected chi connectivity index (χ2v) is 5.02. The number of ether oxygens (including phenoxy) is 1. The standard InChI is InChI=1S/C16H16ClFN2O2/c17-15-11-12(7-9-19-15)16(21)20-8-1-2-10-22-14-5-3-13(18)4-6-14/h3-7,9,11H,1-2,8,10H2,(H,20,21). The molecule has 0 aliphatic heterocycles. The Morgan fingerprint density at radius 2 is 2.00 bits per heavy atom. The summed E-state index contributed by atoms with van der Waals surface area (Å²) in [5.74, 6) is 0.173. The summed E-state index contributed by atoms with van der Waals surface area (Å²) in [6, 6.07) is 9.02. The molecule has 0 spiro atoms. The molecule has 1 heterocycles. The number of aromatic nitrogens is 1. The lowest BCUT2D eigenvalue weighted by atomic mass is 10.2. The number of hydrogen-bond acceptors (Lipinski definition) is 3. The minimum atomic E-state index is -0.286. The molecule has 1 amide bonds. The van der Waals surface area contributed by atoms with E-state index in [1.165, 1.54) is 24.4 Å². The Morgan fingerprint density at radius 3 is 2.73 bits per heavy atom. The Labute approximate surface area is 133 Å². The lowest BCUT2D eigenvalue weighted by Crippen LogP contribution is -2.24. The van der Waals surface area contributed by atoms with E-state index in [0.29, 0.717) is 29.6 Å². The minimum absolute atomic E-state index is 0.177. The first-order valence-electron chi connectivity index (χ1n) is 6.93. The highest BCUT2D eigenvalue weighted by molar-refractivity contribution is 6.29. The van der Waals surface area contributed by atoms with Gasteiger partial charge in [-0.2, -0.15) is 0 Å². The van der Waals surface area contributed by atoms with E-state index in [-0.39, 0.29) is 11.7 Å². The molecular weight excluding hydrogens is 307 g/mol. The van der Waals surface area contributed by atoms with Gasteiger partial charge in [0.25, 0.3) is 5.91 Å². The molecule has 1 aromatic heterocycles. The van der Waals surface area contributed by atoms with Crippen molar-refractivity contribution >= 4 is 17.5 Å². The minimum Gasteiger partial charge on any atom is -0.494 e. The molecule has 0 fully saturated rings. The van der Waals surface area contributed by atoms with Crippen molar-refractivity contribution in [1.29, 1.82) is 0 Å². The third-order valence-corrected chi connectivity index (χ3v) is 3.13. The van der Waals surface area contributed by atoms with Crippen LogP contribution in [0.1, 0.15) is 23.2 Å². The smallest absolute Gasteiger partial charge is 0.251 e. The molecule has 0 saturated carbocycles. The van der Waals surface area contributed by atoms with Crippen LogP contribution in [0.4, 0.5) is 4.39 Å². The number of pyridine rings is 1. The van der Waals surface area contributed by atoms with Gasteiger partial charge in [0.05, 0.1) is 6.61 Å². The SMILES string of the molecule is O=C(NCCCCOc1ccc(F)cc1)c1ccnc(Cl)c1. The van der Waals surface area contributed by atoms with E-state index in [1.807, 2.05) is 0 Å². The summed E-state index contributed by atoms with van der Waals surface area (Å²) < 4.78 is 18.2. The van der Waals surface area contributed by atoms with Crippen molar-refractivity contribution in [2.24, 2.45) is 0 Å². The fourth-order valence-electron chi connectivity index (χ4n) is 1.80. The summed E-state index contributed by atoms with van der Waals surface area (Å²) in [6.45, 7) is 1.06. The van der Waals surface area contributed by atoms with Crippen LogP contribution in [0.3, 0.4) is 0 Å². The normalized spacial score (nSPS) is 10.3. The molecule has 1 aromatic carbocycles. The number of hydrogen-bond donors (Lipinski definition) is 1. The first-order valence-corrected chi connectivity index (χ1v) is 7.31.